The molecule has 4 heteroatoms. The molecule has 0 saturated carbocycles. The molecule has 1 aliphatic heterocycles. The summed E-state index contributed by atoms with van der Waals surface area (Å²) in [6.45, 7) is 6.92. The fourth-order valence-corrected chi connectivity index (χ4v) is 2.45. The van der Waals surface area contributed by atoms with Crippen molar-refractivity contribution in [2.24, 2.45) is 0 Å². The van der Waals surface area contributed by atoms with E-state index in [0.29, 0.717) is 24.1 Å². The van der Waals surface area contributed by atoms with Gasteiger partial charge in [0, 0.05) is 18.2 Å². The summed E-state index contributed by atoms with van der Waals surface area (Å²) in [7, 11) is 0. The van der Waals surface area contributed by atoms with Crippen LogP contribution in [0.2, 0.25) is 0 Å². The molecule has 0 unspecified atom stereocenters. The van der Waals surface area contributed by atoms with E-state index in [9.17, 15) is 9.18 Å². The predicted octanol–water partition coefficient (Wildman–Crippen LogP) is 3.74. The number of halogens is 1. The molecule has 0 bridgehead atoms. The zero-order chi connectivity index (χ0) is 15.4. The van der Waals surface area contributed by atoms with Crippen molar-refractivity contribution in [2.75, 3.05) is 13.2 Å². The molecule has 1 aromatic carbocycles. The van der Waals surface area contributed by atoms with Crippen LogP contribution in [0.5, 0.6) is 5.75 Å². The van der Waals surface area contributed by atoms with Crippen molar-refractivity contribution in [2.45, 2.75) is 39.7 Å². The van der Waals surface area contributed by atoms with Crippen LogP contribution in [0.15, 0.2) is 30.1 Å². The highest BCUT2D eigenvalue weighted by Crippen LogP contribution is 2.25. The maximum absolute atomic E-state index is 12.5. The van der Waals surface area contributed by atoms with Gasteiger partial charge in [-0.15, -0.1) is 0 Å². The van der Waals surface area contributed by atoms with E-state index in [2.05, 4.69) is 0 Å². The van der Waals surface area contributed by atoms with Crippen LogP contribution < -0.4 is 4.74 Å². The topological polar surface area (TPSA) is 29.5 Å². The SMILES string of the molecule is CC/C(=C\F)COc1ccc2c(c1)CCN(C(C)C)C2=O. The molecule has 1 amide bonds. The van der Waals surface area contributed by atoms with Crippen molar-refractivity contribution < 1.29 is 13.9 Å². The maximum Gasteiger partial charge on any atom is 0.254 e. The summed E-state index contributed by atoms with van der Waals surface area (Å²) in [6, 6.07) is 5.71. The molecule has 1 aromatic rings. The zero-order valence-corrected chi connectivity index (χ0v) is 12.9. The molecular formula is C17H22FNO2. The van der Waals surface area contributed by atoms with Gasteiger partial charge in [-0.05, 0) is 56.0 Å². The number of carbonyl (C=O) groups excluding carboxylic acids is 1. The Hall–Kier alpha value is -1.84. The van der Waals surface area contributed by atoms with Gasteiger partial charge in [-0.3, -0.25) is 4.79 Å². The van der Waals surface area contributed by atoms with Crippen molar-refractivity contribution in [1.29, 1.82) is 0 Å². The van der Waals surface area contributed by atoms with E-state index < -0.39 is 0 Å². The number of amides is 1. The van der Waals surface area contributed by atoms with Crippen molar-refractivity contribution in [3.63, 3.8) is 0 Å². The first-order valence-electron chi connectivity index (χ1n) is 7.41. The Labute approximate surface area is 125 Å². The Morgan fingerprint density at radius 2 is 2.24 bits per heavy atom. The van der Waals surface area contributed by atoms with Crippen molar-refractivity contribution in [1.82, 2.24) is 4.90 Å². The minimum Gasteiger partial charge on any atom is -0.489 e. The number of rotatable bonds is 5. The first kappa shape index (κ1) is 15.5. The molecule has 0 saturated heterocycles. The Balaban J connectivity index is 2.12. The van der Waals surface area contributed by atoms with Crippen LogP contribution in [0.25, 0.3) is 0 Å². The second-order valence-electron chi connectivity index (χ2n) is 5.57. The highest BCUT2D eigenvalue weighted by atomic mass is 19.1. The van der Waals surface area contributed by atoms with Gasteiger partial charge in [-0.2, -0.15) is 0 Å². The number of ether oxygens (including phenoxy) is 1. The second kappa shape index (κ2) is 6.74. The Morgan fingerprint density at radius 3 is 2.86 bits per heavy atom. The fraction of sp³-hybridized carbons (Fsp3) is 0.471. The molecule has 2 rings (SSSR count). The van der Waals surface area contributed by atoms with E-state index in [1.807, 2.05) is 37.8 Å². The number of fused-ring (bicyclic) bond motifs is 1. The summed E-state index contributed by atoms with van der Waals surface area (Å²) in [4.78, 5) is 14.2. The average Bonchev–Trinajstić information content (AvgIpc) is 2.48. The molecule has 1 aliphatic rings. The maximum atomic E-state index is 12.5. The van der Waals surface area contributed by atoms with Crippen molar-refractivity contribution in [3.05, 3.63) is 41.2 Å². The molecule has 0 spiro atoms. The molecular weight excluding hydrogens is 269 g/mol. The molecule has 114 valence electrons. The van der Waals surface area contributed by atoms with E-state index in [4.69, 9.17) is 4.74 Å². The Kier molecular flexibility index (Phi) is 4.99. The lowest BCUT2D eigenvalue weighted by atomic mass is 9.98. The Bertz CT molecular complexity index is 552. The third-order valence-electron chi connectivity index (χ3n) is 3.85. The van der Waals surface area contributed by atoms with E-state index >= 15 is 0 Å². The lowest BCUT2D eigenvalue weighted by molar-refractivity contribution is 0.0688. The number of hydrogen-bond acceptors (Lipinski definition) is 2. The quantitative estimate of drug-likeness (QED) is 0.827. The van der Waals surface area contributed by atoms with E-state index in [1.54, 1.807) is 6.07 Å². The number of carbonyl (C=O) groups is 1. The molecule has 0 N–H and O–H groups in total. The number of hydrogen-bond donors (Lipinski definition) is 0. The molecule has 0 radical (unpaired) electrons. The molecule has 0 fully saturated rings. The second-order valence-corrected chi connectivity index (χ2v) is 5.57. The van der Waals surface area contributed by atoms with E-state index in [0.717, 1.165) is 24.1 Å². The summed E-state index contributed by atoms with van der Waals surface area (Å²) >= 11 is 0. The van der Waals surface area contributed by atoms with Gasteiger partial charge in [-0.1, -0.05) is 6.92 Å². The molecule has 0 aliphatic carbocycles. The number of nitrogens with zero attached hydrogens (tertiary/aromatic N) is 1. The third kappa shape index (κ3) is 3.43. The summed E-state index contributed by atoms with van der Waals surface area (Å²) in [5.41, 5.74) is 2.38. The van der Waals surface area contributed by atoms with Crippen LogP contribution in [0.4, 0.5) is 4.39 Å². The zero-order valence-electron chi connectivity index (χ0n) is 12.9. The van der Waals surface area contributed by atoms with Gasteiger partial charge in [0.2, 0.25) is 0 Å². The van der Waals surface area contributed by atoms with Crippen LogP contribution in [0.1, 0.15) is 43.1 Å². The first-order chi connectivity index (χ1) is 10.1. The number of benzene rings is 1. The lowest BCUT2D eigenvalue weighted by Gasteiger charge is -2.32. The summed E-state index contributed by atoms with van der Waals surface area (Å²) in [6.07, 6.45) is 2.06. The summed E-state index contributed by atoms with van der Waals surface area (Å²) in [5, 5.41) is 0. The van der Waals surface area contributed by atoms with Gasteiger partial charge in [0.25, 0.3) is 5.91 Å². The van der Waals surface area contributed by atoms with Crippen molar-refractivity contribution in [3.8, 4) is 5.75 Å². The van der Waals surface area contributed by atoms with E-state index in [-0.39, 0.29) is 18.6 Å². The third-order valence-corrected chi connectivity index (χ3v) is 3.85. The van der Waals surface area contributed by atoms with Crippen LogP contribution >= 0.6 is 0 Å². The van der Waals surface area contributed by atoms with Crippen molar-refractivity contribution >= 4 is 5.91 Å². The van der Waals surface area contributed by atoms with Crippen LogP contribution in [-0.2, 0) is 6.42 Å². The minimum absolute atomic E-state index is 0.0794. The highest BCUT2D eigenvalue weighted by Gasteiger charge is 2.26. The summed E-state index contributed by atoms with van der Waals surface area (Å²) < 4.78 is 18.1. The lowest BCUT2D eigenvalue weighted by Crippen LogP contribution is -2.42. The van der Waals surface area contributed by atoms with Gasteiger partial charge >= 0.3 is 0 Å². The minimum atomic E-state index is 0.0794. The highest BCUT2D eigenvalue weighted by molar-refractivity contribution is 5.97. The Morgan fingerprint density at radius 1 is 1.48 bits per heavy atom. The first-order valence-corrected chi connectivity index (χ1v) is 7.41. The molecule has 0 atom stereocenters. The normalized spacial score (nSPS) is 15.4. The molecule has 3 nitrogen and oxygen atoms in total. The fourth-order valence-electron chi connectivity index (χ4n) is 2.45. The predicted molar refractivity (Wildman–Crippen MR) is 81.3 cm³/mol. The van der Waals surface area contributed by atoms with Gasteiger partial charge in [0.15, 0.2) is 0 Å². The van der Waals surface area contributed by atoms with Gasteiger partial charge in [-0.25, -0.2) is 4.39 Å². The van der Waals surface area contributed by atoms with Gasteiger partial charge in [0.05, 0.1) is 6.33 Å². The average molecular weight is 291 g/mol. The van der Waals surface area contributed by atoms with Crippen LogP contribution in [0.3, 0.4) is 0 Å². The van der Waals surface area contributed by atoms with Crippen LogP contribution in [0, 0.1) is 0 Å². The smallest absolute Gasteiger partial charge is 0.254 e. The van der Waals surface area contributed by atoms with Gasteiger partial charge in [0.1, 0.15) is 12.4 Å². The molecule has 0 aromatic heterocycles. The largest absolute Gasteiger partial charge is 0.489 e. The van der Waals surface area contributed by atoms with Gasteiger partial charge < -0.3 is 9.64 Å². The molecule has 21 heavy (non-hydrogen) atoms. The van der Waals surface area contributed by atoms with E-state index in [1.165, 1.54) is 0 Å². The van der Waals surface area contributed by atoms with Crippen LogP contribution in [-0.4, -0.2) is 30.0 Å². The standard InChI is InChI=1S/C17H22FNO2/c1-4-13(10-18)11-21-15-5-6-16-14(9-15)7-8-19(12(2)3)17(16)20/h5-6,9-10,12H,4,7-8,11H2,1-3H3/b13-10+. The summed E-state index contributed by atoms with van der Waals surface area (Å²) in [5.74, 6) is 0.767. The molecule has 1 heterocycles. The monoisotopic (exact) mass is 291 g/mol.